The van der Waals surface area contributed by atoms with Crippen LogP contribution in [0.1, 0.15) is 31.9 Å². The third-order valence-electron chi connectivity index (χ3n) is 4.73. The number of pyridine rings is 1. The molecule has 2 amide bonds. The van der Waals surface area contributed by atoms with Crippen molar-refractivity contribution in [2.24, 2.45) is 0 Å². The fourth-order valence-corrected chi connectivity index (χ4v) is 3.25. The summed E-state index contributed by atoms with van der Waals surface area (Å²) in [7, 11) is 0. The van der Waals surface area contributed by atoms with Gasteiger partial charge >= 0.3 is 0 Å². The molecule has 1 aliphatic heterocycles. The molecule has 0 spiro atoms. The van der Waals surface area contributed by atoms with Gasteiger partial charge in [-0.25, -0.2) is 0 Å². The summed E-state index contributed by atoms with van der Waals surface area (Å²) in [6, 6.07) is 13.4. The van der Waals surface area contributed by atoms with Gasteiger partial charge in [-0.1, -0.05) is 6.07 Å². The topological polar surface area (TPSA) is 65.5 Å². The second-order valence-electron chi connectivity index (χ2n) is 6.84. The van der Waals surface area contributed by atoms with Crippen molar-refractivity contribution in [2.75, 3.05) is 29.9 Å². The van der Waals surface area contributed by atoms with Crippen LogP contribution in [0.25, 0.3) is 0 Å². The highest BCUT2D eigenvalue weighted by atomic mass is 16.2. The van der Waals surface area contributed by atoms with E-state index in [4.69, 9.17) is 0 Å². The Bertz CT molecular complexity index is 756. The highest BCUT2D eigenvalue weighted by Crippen LogP contribution is 2.21. The molecule has 1 aliphatic rings. The molecule has 1 saturated heterocycles. The summed E-state index contributed by atoms with van der Waals surface area (Å²) < 4.78 is 0. The largest absolute Gasteiger partial charge is 0.372 e. The van der Waals surface area contributed by atoms with Crippen LogP contribution in [-0.2, 0) is 16.1 Å². The molecule has 1 N–H and O–H groups in total. The van der Waals surface area contributed by atoms with Crippen molar-refractivity contribution in [2.45, 2.75) is 32.7 Å². The monoisotopic (exact) mass is 366 g/mol. The lowest BCUT2D eigenvalue weighted by molar-refractivity contribution is -0.133. The number of nitrogens with one attached hydrogen (secondary N) is 1. The molecule has 27 heavy (non-hydrogen) atoms. The number of carbonyl (C=O) groups is 2. The second-order valence-corrected chi connectivity index (χ2v) is 6.84. The van der Waals surface area contributed by atoms with E-state index in [0.717, 1.165) is 24.5 Å². The molecule has 1 aromatic heterocycles. The van der Waals surface area contributed by atoms with Gasteiger partial charge in [-0.05, 0) is 55.7 Å². The first-order chi connectivity index (χ1) is 13.1. The molecule has 1 fully saturated rings. The first-order valence-corrected chi connectivity index (χ1v) is 9.42. The summed E-state index contributed by atoms with van der Waals surface area (Å²) in [6.07, 6.45) is 5.44. The van der Waals surface area contributed by atoms with Crippen molar-refractivity contribution in [1.82, 2.24) is 9.88 Å². The minimum Gasteiger partial charge on any atom is -0.372 e. The van der Waals surface area contributed by atoms with Crippen molar-refractivity contribution < 1.29 is 9.59 Å². The number of aromatic nitrogens is 1. The number of rotatable bonds is 6. The van der Waals surface area contributed by atoms with Crippen molar-refractivity contribution >= 4 is 23.2 Å². The molecule has 2 heterocycles. The summed E-state index contributed by atoms with van der Waals surface area (Å²) in [5.74, 6) is -0.372. The minimum atomic E-state index is -0.216. The van der Waals surface area contributed by atoms with Gasteiger partial charge in [0.1, 0.15) is 6.54 Å². The van der Waals surface area contributed by atoms with E-state index >= 15 is 0 Å². The van der Waals surface area contributed by atoms with Gasteiger partial charge in [-0.2, -0.15) is 0 Å². The number of hydrogen-bond donors (Lipinski definition) is 1. The molecule has 6 nitrogen and oxygen atoms in total. The Morgan fingerprint density at radius 3 is 2.44 bits per heavy atom. The maximum absolute atomic E-state index is 12.4. The number of nitrogens with zero attached hydrogens (tertiary/aromatic N) is 3. The first kappa shape index (κ1) is 18.9. The lowest BCUT2D eigenvalue weighted by Gasteiger charge is -2.28. The normalized spacial score (nSPS) is 13.9. The molecular weight excluding hydrogens is 340 g/mol. The van der Waals surface area contributed by atoms with Crippen molar-refractivity contribution in [3.63, 3.8) is 0 Å². The molecular formula is C21H26N4O2. The van der Waals surface area contributed by atoms with Gasteiger partial charge in [-0.15, -0.1) is 0 Å². The molecule has 2 aromatic rings. The zero-order valence-corrected chi connectivity index (χ0v) is 15.7. The second kappa shape index (κ2) is 9.16. The van der Waals surface area contributed by atoms with Crippen molar-refractivity contribution in [3.05, 3.63) is 54.4 Å². The van der Waals surface area contributed by atoms with Crippen LogP contribution in [0.4, 0.5) is 11.4 Å². The molecule has 6 heteroatoms. The van der Waals surface area contributed by atoms with E-state index < -0.39 is 0 Å². The van der Waals surface area contributed by atoms with Crippen LogP contribution in [0.3, 0.4) is 0 Å². The van der Waals surface area contributed by atoms with E-state index in [2.05, 4.69) is 15.2 Å². The third-order valence-corrected chi connectivity index (χ3v) is 4.73. The van der Waals surface area contributed by atoms with Gasteiger partial charge in [0, 0.05) is 37.6 Å². The fourth-order valence-electron chi connectivity index (χ4n) is 3.25. The van der Waals surface area contributed by atoms with E-state index in [1.807, 2.05) is 42.5 Å². The van der Waals surface area contributed by atoms with E-state index in [9.17, 15) is 9.59 Å². The fraction of sp³-hybridized carbons (Fsp3) is 0.381. The molecule has 0 aliphatic carbocycles. The van der Waals surface area contributed by atoms with E-state index in [1.165, 1.54) is 36.8 Å². The molecule has 0 bridgehead atoms. The number of amides is 2. The molecule has 0 unspecified atom stereocenters. The number of anilines is 2. The summed E-state index contributed by atoms with van der Waals surface area (Å²) in [4.78, 5) is 32.3. The predicted octanol–water partition coefficient (Wildman–Crippen LogP) is 3.06. The van der Waals surface area contributed by atoms with Gasteiger partial charge in [-0.3, -0.25) is 14.6 Å². The molecule has 142 valence electrons. The molecule has 0 atom stereocenters. The summed E-state index contributed by atoms with van der Waals surface area (Å²) in [5.41, 5.74) is 2.68. The number of piperidine rings is 1. The van der Waals surface area contributed by atoms with Crippen molar-refractivity contribution in [1.29, 1.82) is 0 Å². The average Bonchev–Trinajstić information content (AvgIpc) is 2.69. The zero-order chi connectivity index (χ0) is 19.1. The quantitative estimate of drug-likeness (QED) is 0.853. The summed E-state index contributed by atoms with van der Waals surface area (Å²) >= 11 is 0. The van der Waals surface area contributed by atoms with Crippen LogP contribution in [0, 0.1) is 0 Å². The molecule has 1 aromatic carbocycles. The lowest BCUT2D eigenvalue weighted by atomic mass is 10.1. The van der Waals surface area contributed by atoms with Crippen molar-refractivity contribution in [3.8, 4) is 0 Å². The van der Waals surface area contributed by atoms with Gasteiger partial charge in [0.2, 0.25) is 11.8 Å². The van der Waals surface area contributed by atoms with Crippen LogP contribution in [0.2, 0.25) is 0 Å². The van der Waals surface area contributed by atoms with E-state index in [0.29, 0.717) is 6.54 Å². The Morgan fingerprint density at radius 2 is 1.81 bits per heavy atom. The Kier molecular flexibility index (Phi) is 6.41. The highest BCUT2D eigenvalue weighted by molar-refractivity contribution is 5.94. The van der Waals surface area contributed by atoms with Crippen LogP contribution in [0.15, 0.2) is 48.7 Å². The van der Waals surface area contributed by atoms with Crippen LogP contribution >= 0.6 is 0 Å². The SMILES string of the molecule is CC(=O)N(CC(=O)Nc1ccc(N2CCCCC2)cc1)Cc1ccccn1. The van der Waals surface area contributed by atoms with E-state index in [-0.39, 0.29) is 18.4 Å². The smallest absolute Gasteiger partial charge is 0.244 e. The zero-order valence-electron chi connectivity index (χ0n) is 15.7. The molecule has 0 saturated carbocycles. The number of carbonyl (C=O) groups excluding carboxylic acids is 2. The maximum atomic E-state index is 12.4. The Morgan fingerprint density at radius 1 is 1.07 bits per heavy atom. The first-order valence-electron chi connectivity index (χ1n) is 9.42. The van der Waals surface area contributed by atoms with E-state index in [1.54, 1.807) is 6.20 Å². The predicted molar refractivity (Wildman–Crippen MR) is 106 cm³/mol. The highest BCUT2D eigenvalue weighted by Gasteiger charge is 2.15. The van der Waals surface area contributed by atoms with Gasteiger partial charge in [0.15, 0.2) is 0 Å². The number of benzene rings is 1. The maximum Gasteiger partial charge on any atom is 0.244 e. The van der Waals surface area contributed by atoms with Gasteiger partial charge < -0.3 is 15.1 Å². The standard InChI is InChI=1S/C21H26N4O2/c1-17(26)25(15-19-7-3-4-12-22-19)16-21(27)23-18-8-10-20(11-9-18)24-13-5-2-6-14-24/h3-4,7-12H,2,5-6,13-16H2,1H3,(H,23,27). The third kappa shape index (κ3) is 5.54. The van der Waals surface area contributed by atoms with Gasteiger partial charge in [0.05, 0.1) is 12.2 Å². The van der Waals surface area contributed by atoms with Crippen LogP contribution in [-0.4, -0.2) is 41.3 Å². The number of hydrogen-bond acceptors (Lipinski definition) is 4. The summed E-state index contributed by atoms with van der Waals surface area (Å²) in [5, 5.41) is 2.87. The summed E-state index contributed by atoms with van der Waals surface area (Å²) in [6.45, 7) is 3.96. The Labute approximate surface area is 160 Å². The molecule has 3 rings (SSSR count). The Hall–Kier alpha value is -2.89. The average molecular weight is 366 g/mol. The molecule has 0 radical (unpaired) electrons. The van der Waals surface area contributed by atoms with Crippen LogP contribution < -0.4 is 10.2 Å². The lowest BCUT2D eigenvalue weighted by Crippen LogP contribution is -2.36. The minimum absolute atomic E-state index is 0.000214. The van der Waals surface area contributed by atoms with Crippen LogP contribution in [0.5, 0.6) is 0 Å². The van der Waals surface area contributed by atoms with Gasteiger partial charge in [0.25, 0.3) is 0 Å². The Balaban J connectivity index is 1.56.